The van der Waals surface area contributed by atoms with Crippen LogP contribution in [0.5, 0.6) is 0 Å². The van der Waals surface area contributed by atoms with Crippen LogP contribution in [-0.4, -0.2) is 18.3 Å². The van der Waals surface area contributed by atoms with Gasteiger partial charge in [-0.25, -0.2) is 0 Å². The molecule has 1 aliphatic heterocycles. The van der Waals surface area contributed by atoms with Crippen LogP contribution < -0.4 is 0 Å². The molecule has 0 atom stereocenters. The second-order valence-corrected chi connectivity index (χ2v) is 8.40. The maximum atomic E-state index is 6.42. The summed E-state index contributed by atoms with van der Waals surface area (Å²) in [4.78, 5) is 0. The molecule has 1 aromatic carbocycles. The Labute approximate surface area is 153 Å². The summed E-state index contributed by atoms with van der Waals surface area (Å²) in [7, 11) is -0.266. The monoisotopic (exact) mass is 338 g/mol. The molecule has 0 amide bonds. The number of rotatable bonds is 3. The van der Waals surface area contributed by atoms with Crippen molar-refractivity contribution >= 4 is 13.2 Å². The van der Waals surface area contributed by atoms with E-state index in [1.165, 1.54) is 54.3 Å². The predicted molar refractivity (Wildman–Crippen MR) is 106 cm³/mol. The SMILES string of the molecule is C/C(=C\c1ccccc1)C(B1OC(C)(C)C(C)(C)O1)=C1CCCCC1. The molecule has 1 saturated carbocycles. The first-order valence-corrected chi connectivity index (χ1v) is 9.61. The second-order valence-electron chi connectivity index (χ2n) is 8.40. The van der Waals surface area contributed by atoms with E-state index in [4.69, 9.17) is 9.31 Å². The molecule has 0 unspecified atom stereocenters. The van der Waals surface area contributed by atoms with E-state index in [1.54, 1.807) is 0 Å². The molecule has 25 heavy (non-hydrogen) atoms. The van der Waals surface area contributed by atoms with Gasteiger partial charge >= 0.3 is 7.12 Å². The highest BCUT2D eigenvalue weighted by molar-refractivity contribution is 6.56. The fourth-order valence-electron chi connectivity index (χ4n) is 3.72. The van der Waals surface area contributed by atoms with E-state index in [-0.39, 0.29) is 18.3 Å². The van der Waals surface area contributed by atoms with Crippen molar-refractivity contribution in [1.29, 1.82) is 0 Å². The van der Waals surface area contributed by atoms with Crippen LogP contribution in [0.15, 0.2) is 47.0 Å². The average molecular weight is 338 g/mol. The van der Waals surface area contributed by atoms with Gasteiger partial charge in [0.05, 0.1) is 11.2 Å². The zero-order valence-electron chi connectivity index (χ0n) is 16.4. The van der Waals surface area contributed by atoms with E-state index in [2.05, 4.69) is 71.0 Å². The van der Waals surface area contributed by atoms with Crippen LogP contribution in [0.4, 0.5) is 0 Å². The molecule has 0 bridgehead atoms. The van der Waals surface area contributed by atoms with Crippen LogP contribution in [0.1, 0.15) is 72.3 Å². The molecule has 2 aliphatic rings. The van der Waals surface area contributed by atoms with Gasteiger partial charge in [0.25, 0.3) is 0 Å². The summed E-state index contributed by atoms with van der Waals surface area (Å²) < 4.78 is 12.8. The summed E-state index contributed by atoms with van der Waals surface area (Å²) in [5, 5.41) is 0. The fraction of sp³-hybridized carbons (Fsp3) is 0.545. The Balaban J connectivity index is 1.99. The Morgan fingerprint density at radius 1 is 0.920 bits per heavy atom. The molecule has 1 heterocycles. The lowest BCUT2D eigenvalue weighted by molar-refractivity contribution is 0.00578. The summed E-state index contributed by atoms with van der Waals surface area (Å²) in [5.41, 5.74) is 4.69. The zero-order valence-corrected chi connectivity index (χ0v) is 16.4. The first kappa shape index (κ1) is 18.5. The smallest absolute Gasteiger partial charge is 0.399 e. The summed E-state index contributed by atoms with van der Waals surface area (Å²) in [6.45, 7) is 10.7. The number of benzene rings is 1. The third-order valence-corrected chi connectivity index (χ3v) is 5.93. The van der Waals surface area contributed by atoms with Crippen LogP contribution in [0, 0.1) is 0 Å². The Kier molecular flexibility index (Phi) is 5.27. The van der Waals surface area contributed by atoms with Crippen LogP contribution in [-0.2, 0) is 9.31 Å². The van der Waals surface area contributed by atoms with Crippen molar-refractivity contribution in [2.45, 2.75) is 77.9 Å². The molecule has 3 heteroatoms. The van der Waals surface area contributed by atoms with Gasteiger partial charge in [0, 0.05) is 0 Å². The van der Waals surface area contributed by atoms with Gasteiger partial charge in [-0.1, -0.05) is 54.0 Å². The number of hydrogen-bond acceptors (Lipinski definition) is 2. The second kappa shape index (κ2) is 7.13. The summed E-state index contributed by atoms with van der Waals surface area (Å²) in [5.74, 6) is 0. The minimum absolute atomic E-state index is 0.266. The molecule has 0 spiro atoms. The lowest BCUT2D eigenvalue weighted by Gasteiger charge is -2.32. The van der Waals surface area contributed by atoms with Gasteiger partial charge in [0.2, 0.25) is 0 Å². The van der Waals surface area contributed by atoms with Crippen molar-refractivity contribution in [2.75, 3.05) is 0 Å². The molecule has 1 aliphatic carbocycles. The molecule has 1 aromatic rings. The molecular formula is C22H31BO2. The van der Waals surface area contributed by atoms with E-state index in [0.717, 1.165) is 0 Å². The molecule has 2 nitrogen and oxygen atoms in total. The van der Waals surface area contributed by atoms with Gasteiger partial charge in [-0.2, -0.15) is 0 Å². The van der Waals surface area contributed by atoms with Gasteiger partial charge in [-0.05, 0) is 71.3 Å². The lowest BCUT2D eigenvalue weighted by atomic mass is 9.68. The predicted octanol–water partition coefficient (Wildman–Crippen LogP) is 5.98. The third-order valence-electron chi connectivity index (χ3n) is 5.93. The maximum Gasteiger partial charge on any atom is 0.495 e. The van der Waals surface area contributed by atoms with E-state index < -0.39 is 0 Å². The van der Waals surface area contributed by atoms with Gasteiger partial charge in [0.1, 0.15) is 0 Å². The van der Waals surface area contributed by atoms with Gasteiger partial charge in [-0.3, -0.25) is 0 Å². The molecule has 134 valence electrons. The maximum absolute atomic E-state index is 6.42. The van der Waals surface area contributed by atoms with Crippen molar-refractivity contribution in [1.82, 2.24) is 0 Å². The van der Waals surface area contributed by atoms with Gasteiger partial charge < -0.3 is 9.31 Å². The minimum Gasteiger partial charge on any atom is -0.399 e. The Morgan fingerprint density at radius 3 is 2.04 bits per heavy atom. The highest BCUT2D eigenvalue weighted by Gasteiger charge is 2.53. The highest BCUT2D eigenvalue weighted by Crippen LogP contribution is 2.42. The molecule has 3 rings (SSSR count). The van der Waals surface area contributed by atoms with Gasteiger partial charge in [0.15, 0.2) is 0 Å². The lowest BCUT2D eigenvalue weighted by Crippen LogP contribution is -2.41. The third kappa shape index (κ3) is 3.93. The average Bonchev–Trinajstić information content (AvgIpc) is 2.77. The minimum atomic E-state index is -0.300. The first-order chi connectivity index (χ1) is 11.8. The molecule has 2 fully saturated rings. The number of hydrogen-bond donors (Lipinski definition) is 0. The van der Waals surface area contributed by atoms with E-state index in [1.807, 2.05) is 0 Å². The normalized spacial score (nSPS) is 23.0. The standard InChI is InChI=1S/C22H31BO2/c1-17(16-18-12-8-6-9-13-18)20(19-14-10-7-11-15-19)23-24-21(2,3)22(4,5)25-23/h6,8-9,12-13,16H,7,10-11,14-15H2,1-5H3/b17-16+. The topological polar surface area (TPSA) is 18.5 Å². The Morgan fingerprint density at radius 2 is 1.48 bits per heavy atom. The Bertz CT molecular complexity index is 647. The van der Waals surface area contributed by atoms with Crippen LogP contribution in [0.3, 0.4) is 0 Å². The number of allylic oxidation sites excluding steroid dienone is 3. The fourth-order valence-corrected chi connectivity index (χ4v) is 3.72. The molecule has 0 radical (unpaired) electrons. The van der Waals surface area contributed by atoms with Crippen molar-refractivity contribution in [3.63, 3.8) is 0 Å². The largest absolute Gasteiger partial charge is 0.495 e. The molecule has 1 saturated heterocycles. The summed E-state index contributed by atoms with van der Waals surface area (Å²) in [6, 6.07) is 10.5. The first-order valence-electron chi connectivity index (χ1n) is 9.61. The van der Waals surface area contributed by atoms with E-state index in [9.17, 15) is 0 Å². The summed E-state index contributed by atoms with van der Waals surface area (Å²) >= 11 is 0. The molecule has 0 N–H and O–H groups in total. The van der Waals surface area contributed by atoms with Crippen LogP contribution in [0.2, 0.25) is 0 Å². The summed E-state index contributed by atoms with van der Waals surface area (Å²) in [6.07, 6.45) is 8.48. The highest BCUT2D eigenvalue weighted by atomic mass is 16.7. The van der Waals surface area contributed by atoms with Crippen LogP contribution >= 0.6 is 0 Å². The zero-order chi connectivity index (χ0) is 18.1. The van der Waals surface area contributed by atoms with Crippen molar-refractivity contribution in [2.24, 2.45) is 0 Å². The van der Waals surface area contributed by atoms with E-state index in [0.29, 0.717) is 0 Å². The van der Waals surface area contributed by atoms with E-state index >= 15 is 0 Å². The van der Waals surface area contributed by atoms with Gasteiger partial charge in [-0.15, -0.1) is 0 Å². The molecule has 0 aromatic heterocycles. The van der Waals surface area contributed by atoms with Crippen molar-refractivity contribution in [3.05, 3.63) is 52.5 Å². The Hall–Kier alpha value is -1.32. The quantitative estimate of drug-likeness (QED) is 0.631. The molecular weight excluding hydrogens is 307 g/mol. The van der Waals surface area contributed by atoms with Crippen molar-refractivity contribution < 1.29 is 9.31 Å². The van der Waals surface area contributed by atoms with Crippen LogP contribution in [0.25, 0.3) is 6.08 Å². The van der Waals surface area contributed by atoms with Crippen molar-refractivity contribution in [3.8, 4) is 0 Å².